The summed E-state index contributed by atoms with van der Waals surface area (Å²) in [5.74, 6) is -1.75. The van der Waals surface area contributed by atoms with Crippen molar-refractivity contribution in [1.82, 2.24) is 0 Å². The average Bonchev–Trinajstić information content (AvgIpc) is 2.79. The molecule has 0 spiro atoms. The molecule has 0 aliphatic carbocycles. The van der Waals surface area contributed by atoms with Crippen LogP contribution in [0.2, 0.25) is 0 Å². The van der Waals surface area contributed by atoms with Gasteiger partial charge in [-0.1, -0.05) is 6.92 Å². The summed E-state index contributed by atoms with van der Waals surface area (Å²) in [5.41, 5.74) is 0.658. The minimum absolute atomic E-state index is 0.206. The highest BCUT2D eigenvalue weighted by atomic mass is 32.1. The highest BCUT2D eigenvalue weighted by Crippen LogP contribution is 2.23. The molecule has 0 unspecified atom stereocenters. The highest BCUT2D eigenvalue weighted by Gasteiger charge is 2.18. The lowest BCUT2D eigenvalue weighted by molar-refractivity contribution is 0.103. The molecule has 0 aliphatic rings. The number of ketones is 1. The molecule has 17 heavy (non-hydrogen) atoms. The van der Waals surface area contributed by atoms with Crippen molar-refractivity contribution in [3.8, 4) is 0 Å². The first-order chi connectivity index (χ1) is 8.13. The van der Waals surface area contributed by atoms with E-state index in [-0.39, 0.29) is 5.56 Å². The van der Waals surface area contributed by atoms with Crippen LogP contribution in [-0.2, 0) is 6.42 Å². The zero-order valence-corrected chi connectivity index (χ0v) is 9.98. The van der Waals surface area contributed by atoms with E-state index in [9.17, 15) is 13.6 Å². The van der Waals surface area contributed by atoms with Crippen LogP contribution in [0, 0.1) is 11.6 Å². The topological polar surface area (TPSA) is 17.1 Å². The summed E-state index contributed by atoms with van der Waals surface area (Å²) in [6, 6.07) is 4.75. The van der Waals surface area contributed by atoms with Gasteiger partial charge < -0.3 is 0 Å². The predicted octanol–water partition coefficient (Wildman–Crippen LogP) is 3.82. The van der Waals surface area contributed by atoms with Crippen molar-refractivity contribution >= 4 is 17.1 Å². The maximum atomic E-state index is 13.5. The van der Waals surface area contributed by atoms with Gasteiger partial charge in [0.25, 0.3) is 0 Å². The number of benzene rings is 1. The number of carbonyl (C=O) groups excluding carboxylic acids is 1. The van der Waals surface area contributed by atoms with Crippen LogP contribution in [0.1, 0.15) is 27.7 Å². The molecule has 0 radical (unpaired) electrons. The number of hydrogen-bond acceptors (Lipinski definition) is 2. The quantitative estimate of drug-likeness (QED) is 0.759. The van der Waals surface area contributed by atoms with Crippen molar-refractivity contribution < 1.29 is 13.6 Å². The number of carbonyl (C=O) groups is 1. The van der Waals surface area contributed by atoms with Crippen molar-refractivity contribution in [2.75, 3.05) is 0 Å². The monoisotopic (exact) mass is 252 g/mol. The highest BCUT2D eigenvalue weighted by molar-refractivity contribution is 7.12. The predicted molar refractivity (Wildman–Crippen MR) is 63.5 cm³/mol. The van der Waals surface area contributed by atoms with Gasteiger partial charge in [0.1, 0.15) is 11.6 Å². The second-order valence-corrected chi connectivity index (χ2v) is 4.50. The minimum Gasteiger partial charge on any atom is -0.288 e. The molecule has 2 aromatic rings. The Kier molecular flexibility index (Phi) is 3.33. The fourth-order valence-corrected chi connectivity index (χ4v) is 2.56. The number of hydrogen-bond donors (Lipinski definition) is 0. The summed E-state index contributed by atoms with van der Waals surface area (Å²) in [6.45, 7) is 1.92. The summed E-state index contributed by atoms with van der Waals surface area (Å²) in [4.78, 5) is 12.5. The van der Waals surface area contributed by atoms with Gasteiger partial charge >= 0.3 is 0 Å². The number of thiophene rings is 1. The molecule has 0 fully saturated rings. The molecule has 4 heteroatoms. The van der Waals surface area contributed by atoms with Gasteiger partial charge in [0.05, 0.1) is 10.4 Å². The first kappa shape index (κ1) is 11.9. The maximum Gasteiger partial charge on any atom is 0.206 e. The Morgan fingerprint density at radius 3 is 2.76 bits per heavy atom. The van der Waals surface area contributed by atoms with Crippen LogP contribution in [0.3, 0.4) is 0 Å². The molecule has 1 aromatic carbocycles. The van der Waals surface area contributed by atoms with Crippen LogP contribution in [0.5, 0.6) is 0 Å². The van der Waals surface area contributed by atoms with Crippen molar-refractivity contribution in [3.05, 3.63) is 57.3 Å². The Balaban J connectivity index is 2.47. The second-order valence-electron chi connectivity index (χ2n) is 3.58. The van der Waals surface area contributed by atoms with Crippen LogP contribution in [0.15, 0.2) is 29.6 Å². The zero-order valence-electron chi connectivity index (χ0n) is 9.17. The van der Waals surface area contributed by atoms with E-state index in [1.165, 1.54) is 11.3 Å². The molecule has 1 heterocycles. The van der Waals surface area contributed by atoms with Crippen molar-refractivity contribution in [3.63, 3.8) is 0 Å². The molecule has 0 atom stereocenters. The molecule has 0 aliphatic heterocycles. The fourth-order valence-electron chi connectivity index (χ4n) is 1.61. The molecule has 88 valence electrons. The van der Waals surface area contributed by atoms with Crippen molar-refractivity contribution in [1.29, 1.82) is 0 Å². The van der Waals surface area contributed by atoms with Gasteiger partial charge in [-0.05, 0) is 41.6 Å². The van der Waals surface area contributed by atoms with E-state index >= 15 is 0 Å². The summed E-state index contributed by atoms with van der Waals surface area (Å²) in [7, 11) is 0. The molecule has 0 saturated carbocycles. The standard InChI is InChI=1S/C13H10F2OS/c1-2-8-5-6-17-13(8)12(16)10-7-9(14)3-4-11(10)15/h3-7H,2H2,1H3. The lowest BCUT2D eigenvalue weighted by Gasteiger charge is -2.03. The summed E-state index contributed by atoms with van der Waals surface area (Å²) >= 11 is 1.25. The van der Waals surface area contributed by atoms with Gasteiger partial charge in [0.2, 0.25) is 5.78 Å². The van der Waals surface area contributed by atoms with E-state index in [4.69, 9.17) is 0 Å². The Labute approximate surface area is 102 Å². The smallest absolute Gasteiger partial charge is 0.206 e. The first-order valence-corrected chi connectivity index (χ1v) is 6.07. The normalized spacial score (nSPS) is 10.5. The van der Waals surface area contributed by atoms with Crippen LogP contribution in [0.25, 0.3) is 0 Å². The van der Waals surface area contributed by atoms with E-state index in [1.54, 1.807) is 5.38 Å². The Morgan fingerprint density at radius 1 is 1.29 bits per heavy atom. The molecular weight excluding hydrogens is 242 g/mol. The lowest BCUT2D eigenvalue weighted by Crippen LogP contribution is -2.05. The Bertz CT molecular complexity index is 560. The van der Waals surface area contributed by atoms with Gasteiger partial charge in [-0.2, -0.15) is 0 Å². The summed E-state index contributed by atoms with van der Waals surface area (Å²) in [6.07, 6.45) is 0.696. The molecule has 0 bridgehead atoms. The third-order valence-corrected chi connectivity index (χ3v) is 3.46. The van der Waals surface area contributed by atoms with E-state index in [2.05, 4.69) is 0 Å². The van der Waals surface area contributed by atoms with Gasteiger partial charge in [-0.15, -0.1) is 11.3 Å². The molecule has 1 nitrogen and oxygen atoms in total. The van der Waals surface area contributed by atoms with Crippen LogP contribution in [-0.4, -0.2) is 5.78 Å². The van der Waals surface area contributed by atoms with Crippen LogP contribution < -0.4 is 0 Å². The third-order valence-electron chi connectivity index (χ3n) is 2.51. The zero-order chi connectivity index (χ0) is 12.4. The first-order valence-electron chi connectivity index (χ1n) is 5.19. The SMILES string of the molecule is CCc1ccsc1C(=O)c1cc(F)ccc1F. The van der Waals surface area contributed by atoms with Gasteiger partial charge in [-0.25, -0.2) is 8.78 Å². The second kappa shape index (κ2) is 4.75. The molecule has 0 amide bonds. The average molecular weight is 252 g/mol. The Hall–Kier alpha value is -1.55. The molecule has 0 saturated heterocycles. The molecule has 2 rings (SSSR count). The lowest BCUT2D eigenvalue weighted by atomic mass is 10.1. The maximum absolute atomic E-state index is 13.5. The minimum atomic E-state index is -0.688. The van der Waals surface area contributed by atoms with Gasteiger partial charge in [0.15, 0.2) is 0 Å². The summed E-state index contributed by atoms with van der Waals surface area (Å²) in [5, 5.41) is 1.78. The van der Waals surface area contributed by atoms with E-state index < -0.39 is 17.4 Å². The fraction of sp³-hybridized carbons (Fsp3) is 0.154. The van der Waals surface area contributed by atoms with Crippen molar-refractivity contribution in [2.24, 2.45) is 0 Å². The van der Waals surface area contributed by atoms with E-state index in [0.717, 1.165) is 23.8 Å². The van der Waals surface area contributed by atoms with Crippen LogP contribution >= 0.6 is 11.3 Å². The van der Waals surface area contributed by atoms with E-state index in [1.807, 2.05) is 13.0 Å². The van der Waals surface area contributed by atoms with Gasteiger partial charge in [0, 0.05) is 0 Å². The molecule has 1 aromatic heterocycles. The van der Waals surface area contributed by atoms with Gasteiger partial charge in [-0.3, -0.25) is 4.79 Å². The molecular formula is C13H10F2OS. The van der Waals surface area contributed by atoms with E-state index in [0.29, 0.717) is 11.3 Å². The third kappa shape index (κ3) is 2.26. The summed E-state index contributed by atoms with van der Waals surface area (Å²) < 4.78 is 26.5. The molecule has 0 N–H and O–H groups in total. The van der Waals surface area contributed by atoms with Crippen LogP contribution in [0.4, 0.5) is 8.78 Å². The van der Waals surface area contributed by atoms with Crippen molar-refractivity contribution in [2.45, 2.75) is 13.3 Å². The number of aryl methyl sites for hydroxylation is 1. The number of rotatable bonds is 3. The largest absolute Gasteiger partial charge is 0.288 e. The Morgan fingerprint density at radius 2 is 2.06 bits per heavy atom. The number of halogens is 2.